The van der Waals surface area contributed by atoms with Gasteiger partial charge in [0, 0.05) is 10.2 Å². The fourth-order valence-electron chi connectivity index (χ4n) is 4.96. The van der Waals surface area contributed by atoms with Gasteiger partial charge < -0.3 is 5.32 Å². The molecule has 3 N–H and O–H groups in total. The maximum absolute atomic E-state index is 3.56. The van der Waals surface area contributed by atoms with Crippen LogP contribution in [0.1, 0.15) is 16.7 Å². The second-order valence-corrected chi connectivity index (χ2v) is 9.70. The van der Waals surface area contributed by atoms with Crippen LogP contribution in [0.5, 0.6) is 0 Å². The van der Waals surface area contributed by atoms with Gasteiger partial charge in [-0.05, 0) is 51.7 Å². The molecule has 0 saturated carbocycles. The van der Waals surface area contributed by atoms with Gasteiger partial charge in [0.05, 0.1) is 6.20 Å². The number of fused-ring (bicyclic) bond motifs is 1. The largest absolute Gasteiger partial charge is 0.340 e. The molecule has 6 rings (SSSR count). The van der Waals surface area contributed by atoms with Gasteiger partial charge in [0.2, 0.25) is 0 Å². The van der Waals surface area contributed by atoms with Crippen LogP contribution < -0.4 is 16.3 Å². The van der Waals surface area contributed by atoms with Gasteiger partial charge in [-0.1, -0.05) is 119 Å². The van der Waals surface area contributed by atoms with Gasteiger partial charge in [-0.25, -0.2) is 0 Å². The average Bonchev–Trinajstić information content (AvgIpc) is 3.39. The minimum absolute atomic E-state index is 0.601. The maximum atomic E-state index is 3.56. The number of halogens is 1. The van der Waals surface area contributed by atoms with Gasteiger partial charge in [-0.3, -0.25) is 10.4 Å². The van der Waals surface area contributed by atoms with Crippen LogP contribution in [0, 0.1) is 0 Å². The lowest BCUT2D eigenvalue weighted by molar-refractivity contribution is 0.157. The molecule has 0 radical (unpaired) electrons. The van der Waals surface area contributed by atoms with Crippen LogP contribution in [0.4, 0.5) is 5.69 Å². The van der Waals surface area contributed by atoms with Crippen molar-refractivity contribution in [1.82, 2.24) is 16.0 Å². The van der Waals surface area contributed by atoms with Crippen molar-refractivity contribution in [2.45, 2.75) is 5.54 Å². The number of hydrogen-bond donors (Lipinski definition) is 3. The molecule has 0 unspecified atom stereocenters. The Hall–Kier alpha value is -4.06. The van der Waals surface area contributed by atoms with E-state index in [2.05, 4.69) is 171 Å². The van der Waals surface area contributed by atoms with Crippen molar-refractivity contribution in [3.05, 3.63) is 161 Å². The normalized spacial score (nSPS) is 13.4. The molecular weight excluding hydrogens is 508 g/mol. The first-order valence-electron chi connectivity index (χ1n) is 11.9. The highest BCUT2D eigenvalue weighted by Crippen LogP contribution is 2.42. The van der Waals surface area contributed by atoms with Crippen LogP contribution in [0.3, 0.4) is 0 Å². The Balaban J connectivity index is 1.44. The Kier molecular flexibility index (Phi) is 5.93. The Morgan fingerprint density at radius 3 is 1.72 bits per heavy atom. The van der Waals surface area contributed by atoms with Crippen molar-refractivity contribution in [3.8, 4) is 0 Å². The summed E-state index contributed by atoms with van der Waals surface area (Å²) in [6.07, 6.45) is 2.10. The van der Waals surface area contributed by atoms with E-state index < -0.39 is 5.54 Å². The predicted octanol–water partition coefficient (Wildman–Crippen LogP) is 7.13. The van der Waals surface area contributed by atoms with Gasteiger partial charge in [0.25, 0.3) is 0 Å². The van der Waals surface area contributed by atoms with Crippen LogP contribution in [-0.2, 0) is 5.54 Å². The SMILES string of the molecule is Brc1ccc2cc(NC3=CN(C(c4ccccc4)(c4ccccc4)c4ccccc4)NN3)ccc2c1. The molecule has 1 heterocycles. The third-order valence-electron chi connectivity index (χ3n) is 6.59. The summed E-state index contributed by atoms with van der Waals surface area (Å²) in [5, 5.41) is 8.06. The Labute approximate surface area is 219 Å². The van der Waals surface area contributed by atoms with Crippen LogP contribution in [0.15, 0.2) is 144 Å². The van der Waals surface area contributed by atoms with Gasteiger partial charge in [0.1, 0.15) is 11.4 Å². The molecule has 4 nitrogen and oxygen atoms in total. The summed E-state index contributed by atoms with van der Waals surface area (Å²) >= 11 is 3.56. The lowest BCUT2D eigenvalue weighted by Gasteiger charge is -2.42. The molecule has 1 aliphatic rings. The second kappa shape index (κ2) is 9.53. The molecular formula is C31H25BrN4. The minimum Gasteiger partial charge on any atom is -0.340 e. The Morgan fingerprint density at radius 1 is 0.611 bits per heavy atom. The molecule has 0 atom stereocenters. The number of hydrazine groups is 2. The van der Waals surface area contributed by atoms with E-state index in [0.29, 0.717) is 0 Å². The van der Waals surface area contributed by atoms with E-state index >= 15 is 0 Å². The van der Waals surface area contributed by atoms with Gasteiger partial charge >= 0.3 is 0 Å². The molecule has 36 heavy (non-hydrogen) atoms. The quantitative estimate of drug-likeness (QED) is 0.203. The molecule has 176 valence electrons. The molecule has 0 fully saturated rings. The van der Waals surface area contributed by atoms with E-state index in [1.165, 1.54) is 10.8 Å². The monoisotopic (exact) mass is 532 g/mol. The zero-order chi connectivity index (χ0) is 24.4. The van der Waals surface area contributed by atoms with E-state index in [0.717, 1.165) is 32.7 Å². The van der Waals surface area contributed by atoms with Gasteiger partial charge in [-0.2, -0.15) is 0 Å². The molecule has 0 aromatic heterocycles. The number of nitrogens with one attached hydrogen (secondary N) is 3. The molecule has 5 aromatic rings. The molecule has 0 amide bonds. The fourth-order valence-corrected chi connectivity index (χ4v) is 5.34. The second-order valence-electron chi connectivity index (χ2n) is 8.79. The van der Waals surface area contributed by atoms with Crippen molar-refractivity contribution in [1.29, 1.82) is 0 Å². The van der Waals surface area contributed by atoms with Crippen molar-refractivity contribution in [3.63, 3.8) is 0 Å². The number of rotatable bonds is 6. The van der Waals surface area contributed by atoms with E-state index in [1.807, 2.05) is 0 Å². The molecule has 0 spiro atoms. The summed E-state index contributed by atoms with van der Waals surface area (Å²) in [4.78, 5) is 0. The Bertz CT molecular complexity index is 1420. The summed E-state index contributed by atoms with van der Waals surface area (Å²) in [7, 11) is 0. The highest BCUT2D eigenvalue weighted by molar-refractivity contribution is 9.10. The first-order valence-corrected chi connectivity index (χ1v) is 12.7. The van der Waals surface area contributed by atoms with Crippen LogP contribution >= 0.6 is 15.9 Å². The summed E-state index contributed by atoms with van der Waals surface area (Å²) in [6.45, 7) is 0. The molecule has 0 saturated heterocycles. The fraction of sp³-hybridized carbons (Fsp3) is 0.0323. The zero-order valence-electron chi connectivity index (χ0n) is 19.5. The van der Waals surface area contributed by atoms with E-state index in [1.54, 1.807) is 0 Å². The third kappa shape index (κ3) is 4.02. The van der Waals surface area contributed by atoms with Crippen molar-refractivity contribution < 1.29 is 0 Å². The number of anilines is 1. The highest BCUT2D eigenvalue weighted by Gasteiger charge is 2.43. The average molecular weight is 533 g/mol. The summed E-state index contributed by atoms with van der Waals surface area (Å²) in [5.74, 6) is 0.860. The molecule has 0 aliphatic carbocycles. The van der Waals surface area contributed by atoms with Crippen molar-refractivity contribution in [2.75, 3.05) is 5.32 Å². The summed E-state index contributed by atoms with van der Waals surface area (Å²) in [5.41, 5.74) is 10.7. The number of hydrogen-bond acceptors (Lipinski definition) is 4. The van der Waals surface area contributed by atoms with Crippen LogP contribution in [0.2, 0.25) is 0 Å². The molecule has 1 aliphatic heterocycles. The van der Waals surface area contributed by atoms with Crippen LogP contribution in [0.25, 0.3) is 10.8 Å². The molecule has 0 bridgehead atoms. The maximum Gasteiger partial charge on any atom is 0.137 e. The summed E-state index contributed by atoms with van der Waals surface area (Å²) < 4.78 is 1.08. The first-order chi connectivity index (χ1) is 17.7. The topological polar surface area (TPSA) is 39.3 Å². The van der Waals surface area contributed by atoms with Crippen molar-refractivity contribution >= 4 is 32.4 Å². The predicted molar refractivity (Wildman–Crippen MR) is 151 cm³/mol. The minimum atomic E-state index is -0.601. The smallest absolute Gasteiger partial charge is 0.137 e. The standard InChI is InChI=1S/C31H25BrN4/c32-28-18-16-24-21-29(19-17-23(24)20-28)33-30-22-36(35-34-30)31(25-10-4-1-5-11-25,26-12-6-2-7-13-26)27-14-8-3-9-15-27/h1-22,33-35H. The molecule has 5 aromatic carbocycles. The number of nitrogens with zero attached hydrogens (tertiary/aromatic N) is 1. The van der Waals surface area contributed by atoms with Gasteiger partial charge in [0.15, 0.2) is 0 Å². The molecule has 5 heteroatoms. The lowest BCUT2D eigenvalue weighted by atomic mass is 9.76. The van der Waals surface area contributed by atoms with E-state index in [9.17, 15) is 0 Å². The van der Waals surface area contributed by atoms with Crippen molar-refractivity contribution in [2.24, 2.45) is 0 Å². The highest BCUT2D eigenvalue weighted by atomic mass is 79.9. The zero-order valence-corrected chi connectivity index (χ0v) is 21.1. The van der Waals surface area contributed by atoms with E-state index in [4.69, 9.17) is 0 Å². The van der Waals surface area contributed by atoms with Gasteiger partial charge in [-0.15, -0.1) is 5.53 Å². The first kappa shape index (κ1) is 22.4. The summed E-state index contributed by atoms with van der Waals surface area (Å²) in [6, 6.07) is 44.5. The number of benzene rings is 5. The third-order valence-corrected chi connectivity index (χ3v) is 7.08. The Morgan fingerprint density at radius 2 is 1.14 bits per heavy atom. The van der Waals surface area contributed by atoms with E-state index in [-0.39, 0.29) is 0 Å². The lowest BCUT2D eigenvalue weighted by Crippen LogP contribution is -2.52. The van der Waals surface area contributed by atoms with Crippen LogP contribution in [-0.4, -0.2) is 5.01 Å².